The van der Waals surface area contributed by atoms with Crippen molar-refractivity contribution >= 4 is 15.9 Å². The number of hydrogen-bond donors (Lipinski definition) is 1. The van der Waals surface area contributed by atoms with Crippen LogP contribution in [0.25, 0.3) is 0 Å². The topological polar surface area (TPSA) is 35.2 Å². The predicted octanol–water partition coefficient (Wildman–Crippen LogP) is 4.20. The van der Waals surface area contributed by atoms with Gasteiger partial charge >= 0.3 is 0 Å². The molecule has 0 heterocycles. The van der Waals surface area contributed by atoms with Crippen LogP contribution in [-0.4, -0.2) is 6.61 Å². The molecule has 0 bridgehead atoms. The van der Waals surface area contributed by atoms with Gasteiger partial charge in [0.05, 0.1) is 12.6 Å². The molecule has 0 fully saturated rings. The molecule has 2 N–H and O–H groups in total. The first kappa shape index (κ1) is 14.1. The smallest absolute Gasteiger partial charge is 0.119 e. The van der Waals surface area contributed by atoms with E-state index in [1.54, 1.807) is 0 Å². The Morgan fingerprint density at radius 3 is 2.42 bits per heavy atom. The van der Waals surface area contributed by atoms with E-state index in [-0.39, 0.29) is 6.04 Å². The molecule has 0 aliphatic heterocycles. The highest BCUT2D eigenvalue weighted by Gasteiger charge is 2.11. The maximum atomic E-state index is 6.34. The van der Waals surface area contributed by atoms with Crippen LogP contribution in [0.4, 0.5) is 0 Å². The molecule has 2 rings (SSSR count). The molecule has 0 aromatic heterocycles. The molecule has 0 radical (unpaired) electrons. The molecule has 0 aliphatic rings. The van der Waals surface area contributed by atoms with Crippen molar-refractivity contribution in [2.24, 2.45) is 5.73 Å². The van der Waals surface area contributed by atoms with E-state index in [4.69, 9.17) is 10.5 Å². The third kappa shape index (κ3) is 3.37. The van der Waals surface area contributed by atoms with E-state index in [0.717, 1.165) is 21.3 Å². The second kappa shape index (κ2) is 6.22. The number of aryl methyl sites for hydroxylation is 1. The van der Waals surface area contributed by atoms with Gasteiger partial charge in [0, 0.05) is 4.47 Å². The normalized spacial score (nSPS) is 12.2. The van der Waals surface area contributed by atoms with Gasteiger partial charge in [0.25, 0.3) is 0 Å². The van der Waals surface area contributed by atoms with E-state index >= 15 is 0 Å². The van der Waals surface area contributed by atoms with Gasteiger partial charge in [0.1, 0.15) is 5.75 Å². The van der Waals surface area contributed by atoms with Gasteiger partial charge in [0.2, 0.25) is 0 Å². The quantitative estimate of drug-likeness (QED) is 0.916. The van der Waals surface area contributed by atoms with Crippen LogP contribution in [-0.2, 0) is 0 Å². The molecule has 1 atom stereocenters. The third-order valence-corrected chi connectivity index (χ3v) is 3.61. The SMILES string of the molecule is CCOc1ccc(C(N)c2ccc(Br)cc2C)cc1. The largest absolute Gasteiger partial charge is 0.494 e. The van der Waals surface area contributed by atoms with Crippen LogP contribution in [0.5, 0.6) is 5.75 Å². The fourth-order valence-corrected chi connectivity index (χ4v) is 2.58. The molecule has 0 saturated heterocycles. The van der Waals surface area contributed by atoms with Gasteiger partial charge in [-0.05, 0) is 54.8 Å². The molecular formula is C16H18BrNO. The summed E-state index contributed by atoms with van der Waals surface area (Å²) in [5.74, 6) is 0.881. The van der Waals surface area contributed by atoms with E-state index < -0.39 is 0 Å². The van der Waals surface area contributed by atoms with Crippen molar-refractivity contribution in [1.29, 1.82) is 0 Å². The Morgan fingerprint density at radius 1 is 1.16 bits per heavy atom. The van der Waals surface area contributed by atoms with Crippen molar-refractivity contribution in [3.63, 3.8) is 0 Å². The van der Waals surface area contributed by atoms with Gasteiger partial charge in [-0.2, -0.15) is 0 Å². The summed E-state index contributed by atoms with van der Waals surface area (Å²) in [6, 6.07) is 14.1. The summed E-state index contributed by atoms with van der Waals surface area (Å²) >= 11 is 3.47. The van der Waals surface area contributed by atoms with Gasteiger partial charge < -0.3 is 10.5 Å². The molecule has 0 saturated carbocycles. The number of nitrogens with two attached hydrogens (primary N) is 1. The minimum atomic E-state index is -0.108. The summed E-state index contributed by atoms with van der Waals surface area (Å²) in [7, 11) is 0. The Bertz CT molecular complexity index is 551. The molecular weight excluding hydrogens is 302 g/mol. The molecule has 0 amide bonds. The predicted molar refractivity (Wildman–Crippen MR) is 82.5 cm³/mol. The standard InChI is InChI=1S/C16H18BrNO/c1-3-19-14-7-4-12(5-8-14)16(18)15-9-6-13(17)10-11(15)2/h4-10,16H,3,18H2,1-2H3. The van der Waals surface area contributed by atoms with Crippen LogP contribution < -0.4 is 10.5 Å². The van der Waals surface area contributed by atoms with E-state index in [2.05, 4.69) is 35.0 Å². The first-order valence-corrected chi connectivity index (χ1v) is 7.15. The molecule has 2 aromatic rings. The van der Waals surface area contributed by atoms with Crippen molar-refractivity contribution in [3.8, 4) is 5.75 Å². The Labute approximate surface area is 122 Å². The van der Waals surface area contributed by atoms with Crippen LogP contribution in [0.1, 0.15) is 29.7 Å². The Morgan fingerprint density at radius 2 is 1.84 bits per heavy atom. The first-order chi connectivity index (χ1) is 9.11. The van der Waals surface area contributed by atoms with E-state index in [0.29, 0.717) is 6.61 Å². The Kier molecular flexibility index (Phi) is 4.61. The summed E-state index contributed by atoms with van der Waals surface area (Å²) in [5, 5.41) is 0. The van der Waals surface area contributed by atoms with Crippen LogP contribution in [0, 0.1) is 6.92 Å². The van der Waals surface area contributed by atoms with Crippen LogP contribution >= 0.6 is 15.9 Å². The zero-order valence-corrected chi connectivity index (χ0v) is 12.8. The molecule has 2 aromatic carbocycles. The average molecular weight is 320 g/mol. The lowest BCUT2D eigenvalue weighted by Crippen LogP contribution is -2.13. The number of benzene rings is 2. The van der Waals surface area contributed by atoms with Crippen molar-refractivity contribution in [2.45, 2.75) is 19.9 Å². The molecule has 1 unspecified atom stereocenters. The second-order valence-corrected chi connectivity index (χ2v) is 5.40. The minimum Gasteiger partial charge on any atom is -0.494 e. The lowest BCUT2D eigenvalue weighted by atomic mass is 9.96. The fraction of sp³-hybridized carbons (Fsp3) is 0.250. The lowest BCUT2D eigenvalue weighted by Gasteiger charge is -2.16. The van der Waals surface area contributed by atoms with Crippen molar-refractivity contribution in [3.05, 3.63) is 63.6 Å². The molecule has 100 valence electrons. The fourth-order valence-electron chi connectivity index (χ4n) is 2.11. The Hall–Kier alpha value is -1.32. The van der Waals surface area contributed by atoms with Crippen molar-refractivity contribution in [1.82, 2.24) is 0 Å². The Balaban J connectivity index is 2.25. The molecule has 3 heteroatoms. The van der Waals surface area contributed by atoms with Crippen molar-refractivity contribution in [2.75, 3.05) is 6.61 Å². The molecule has 2 nitrogen and oxygen atoms in total. The van der Waals surface area contributed by atoms with Gasteiger partial charge in [-0.25, -0.2) is 0 Å². The zero-order chi connectivity index (χ0) is 13.8. The lowest BCUT2D eigenvalue weighted by molar-refractivity contribution is 0.340. The number of rotatable bonds is 4. The maximum absolute atomic E-state index is 6.34. The maximum Gasteiger partial charge on any atom is 0.119 e. The summed E-state index contributed by atoms with van der Waals surface area (Å²) in [4.78, 5) is 0. The van der Waals surface area contributed by atoms with Gasteiger partial charge in [-0.15, -0.1) is 0 Å². The molecule has 0 aliphatic carbocycles. The first-order valence-electron chi connectivity index (χ1n) is 6.36. The third-order valence-electron chi connectivity index (χ3n) is 3.12. The highest BCUT2D eigenvalue weighted by atomic mass is 79.9. The average Bonchev–Trinajstić information content (AvgIpc) is 2.39. The van der Waals surface area contributed by atoms with E-state index in [1.165, 1.54) is 5.56 Å². The van der Waals surface area contributed by atoms with Crippen LogP contribution in [0.15, 0.2) is 46.9 Å². The molecule has 0 spiro atoms. The summed E-state index contributed by atoms with van der Waals surface area (Å²) in [6.07, 6.45) is 0. The van der Waals surface area contributed by atoms with E-state index in [9.17, 15) is 0 Å². The van der Waals surface area contributed by atoms with Gasteiger partial charge in [-0.1, -0.05) is 34.1 Å². The highest BCUT2D eigenvalue weighted by Crippen LogP contribution is 2.26. The van der Waals surface area contributed by atoms with Crippen LogP contribution in [0.2, 0.25) is 0 Å². The highest BCUT2D eigenvalue weighted by molar-refractivity contribution is 9.10. The van der Waals surface area contributed by atoms with Gasteiger partial charge in [-0.3, -0.25) is 0 Å². The molecule has 19 heavy (non-hydrogen) atoms. The second-order valence-electron chi connectivity index (χ2n) is 4.48. The van der Waals surface area contributed by atoms with E-state index in [1.807, 2.05) is 37.3 Å². The summed E-state index contributed by atoms with van der Waals surface area (Å²) < 4.78 is 6.52. The number of halogens is 1. The van der Waals surface area contributed by atoms with Gasteiger partial charge in [0.15, 0.2) is 0 Å². The monoisotopic (exact) mass is 319 g/mol. The summed E-state index contributed by atoms with van der Waals surface area (Å²) in [5.41, 5.74) is 9.76. The summed E-state index contributed by atoms with van der Waals surface area (Å²) in [6.45, 7) is 4.73. The number of ether oxygens (including phenoxy) is 1. The van der Waals surface area contributed by atoms with Crippen molar-refractivity contribution < 1.29 is 4.74 Å². The number of hydrogen-bond acceptors (Lipinski definition) is 2. The minimum absolute atomic E-state index is 0.108. The van der Waals surface area contributed by atoms with Crippen LogP contribution in [0.3, 0.4) is 0 Å². The zero-order valence-electron chi connectivity index (χ0n) is 11.2.